The average molecular weight is 580 g/mol. The number of nitrogens with zero attached hydrogens (tertiary/aromatic N) is 1. The molecule has 1 aromatic heterocycles. The molecule has 4 N–H and O–H groups in total. The number of hydrogen-bond donors (Lipinski definition) is 4. The predicted molar refractivity (Wildman–Crippen MR) is 144 cm³/mol. The minimum absolute atomic E-state index is 0.0311. The molecular formula is C25H30N3O9PS. The van der Waals surface area contributed by atoms with Crippen molar-refractivity contribution >= 4 is 36.7 Å². The molecule has 4 rings (SSSR count). The van der Waals surface area contributed by atoms with E-state index in [1.807, 2.05) is 18.2 Å². The summed E-state index contributed by atoms with van der Waals surface area (Å²) >= 11 is 5.17. The molecule has 2 heterocycles. The zero-order valence-electron chi connectivity index (χ0n) is 21.5. The zero-order valence-corrected chi connectivity index (χ0v) is 23.2. The van der Waals surface area contributed by atoms with Gasteiger partial charge in [-0.05, 0) is 44.4 Å². The van der Waals surface area contributed by atoms with Crippen LogP contribution < -0.4 is 15.2 Å². The van der Waals surface area contributed by atoms with Crippen LogP contribution in [-0.4, -0.2) is 62.8 Å². The molecule has 6 atom stereocenters. The molecule has 0 bridgehead atoms. The van der Waals surface area contributed by atoms with E-state index in [9.17, 15) is 24.4 Å². The van der Waals surface area contributed by atoms with Gasteiger partial charge in [0.25, 0.3) is 5.56 Å². The maximum atomic E-state index is 14.0. The lowest BCUT2D eigenvalue weighted by atomic mass is 9.96. The number of carbonyl (C=O) groups excluding carboxylic acids is 1. The predicted octanol–water partition coefficient (Wildman–Crippen LogP) is 2.81. The lowest BCUT2D eigenvalue weighted by molar-refractivity contribution is -0.144. The first kappa shape index (κ1) is 29.1. The molecule has 0 amide bonds. The van der Waals surface area contributed by atoms with Crippen molar-refractivity contribution in [3.05, 3.63) is 69.9 Å². The highest BCUT2D eigenvalue weighted by molar-refractivity contribution is 7.71. The highest BCUT2D eigenvalue weighted by Gasteiger charge is 2.54. The molecule has 3 aromatic rings. The summed E-state index contributed by atoms with van der Waals surface area (Å²) in [6.45, 7) is 4.03. The number of esters is 1. The molecule has 0 saturated carbocycles. The molecule has 0 spiro atoms. The Bertz CT molecular complexity index is 1500. The van der Waals surface area contributed by atoms with Crippen LogP contribution in [0.4, 0.5) is 0 Å². The Morgan fingerprint density at radius 1 is 1.28 bits per heavy atom. The largest absolute Gasteiger partial charge is 0.465 e. The minimum Gasteiger partial charge on any atom is -0.465 e. The van der Waals surface area contributed by atoms with E-state index in [1.54, 1.807) is 31.2 Å². The highest BCUT2D eigenvalue weighted by Crippen LogP contribution is 2.48. The van der Waals surface area contributed by atoms with Crippen molar-refractivity contribution in [2.24, 2.45) is 0 Å². The van der Waals surface area contributed by atoms with E-state index in [2.05, 4.69) is 10.1 Å². The second kappa shape index (κ2) is 11.7. The van der Waals surface area contributed by atoms with E-state index >= 15 is 0 Å². The van der Waals surface area contributed by atoms with E-state index in [0.717, 1.165) is 5.39 Å². The first-order chi connectivity index (χ1) is 18.4. The van der Waals surface area contributed by atoms with E-state index in [0.29, 0.717) is 5.39 Å². The average Bonchev–Trinajstić information content (AvgIpc) is 3.11. The molecule has 2 unspecified atom stereocenters. The number of carbonyl (C=O) groups is 1. The fourth-order valence-electron chi connectivity index (χ4n) is 4.21. The molecule has 210 valence electrons. The maximum absolute atomic E-state index is 14.0. The number of rotatable bonds is 10. The zero-order chi connectivity index (χ0) is 28.4. The number of aliphatic hydroxyl groups excluding tert-OH is 1. The highest BCUT2D eigenvalue weighted by atomic mass is 32.1. The van der Waals surface area contributed by atoms with Gasteiger partial charge < -0.3 is 24.2 Å². The molecule has 0 aliphatic carbocycles. The van der Waals surface area contributed by atoms with Crippen LogP contribution in [0.3, 0.4) is 0 Å². The lowest BCUT2D eigenvalue weighted by Gasteiger charge is -2.28. The number of aromatic nitrogens is 2. The van der Waals surface area contributed by atoms with Crippen molar-refractivity contribution in [1.29, 1.82) is 0 Å². The summed E-state index contributed by atoms with van der Waals surface area (Å²) in [5.74, 6) is -0.437. The maximum Gasteiger partial charge on any atom is 0.459 e. The third kappa shape index (κ3) is 6.30. The topological polar surface area (TPSA) is 161 Å². The second-order valence-corrected chi connectivity index (χ2v) is 11.3. The number of ether oxygens (including phenoxy) is 2. The van der Waals surface area contributed by atoms with Gasteiger partial charge in [0.15, 0.2) is 11.0 Å². The first-order valence-corrected chi connectivity index (χ1v) is 14.1. The van der Waals surface area contributed by atoms with Crippen molar-refractivity contribution in [1.82, 2.24) is 14.6 Å². The van der Waals surface area contributed by atoms with Gasteiger partial charge in [-0.3, -0.25) is 23.7 Å². The molecule has 2 aromatic carbocycles. The standard InChI is InChI=1S/C25H30N3O9PS/c1-4-34-22(31)15(2)27-38(33,37-18-11-7-9-16-8-5-6-10-17(16)18)35-14-19-21(30)25(3,32)23(36-19)28-13-12-20(29)26-24(28)39/h5-13,15,19,21,23,30,32H,4,14H2,1-3H3,(H,27,33)(H,26,29,39)/t15-,19+,21-,23+,25?,38?/m0/s1. The fourth-order valence-corrected chi connectivity index (χ4v) is 5.99. The summed E-state index contributed by atoms with van der Waals surface area (Å²) in [5.41, 5.74) is -2.31. The summed E-state index contributed by atoms with van der Waals surface area (Å²) in [7, 11) is -4.31. The Morgan fingerprint density at radius 3 is 2.72 bits per heavy atom. The number of benzene rings is 2. The molecule has 1 saturated heterocycles. The van der Waals surface area contributed by atoms with Crippen LogP contribution in [0, 0.1) is 4.77 Å². The van der Waals surface area contributed by atoms with E-state index in [4.69, 9.17) is 30.7 Å². The Hall–Kier alpha value is -2.90. The summed E-state index contributed by atoms with van der Waals surface area (Å²) in [4.78, 5) is 26.3. The minimum atomic E-state index is -4.31. The van der Waals surface area contributed by atoms with Crippen LogP contribution in [0.1, 0.15) is 27.0 Å². The van der Waals surface area contributed by atoms with Gasteiger partial charge in [-0.15, -0.1) is 0 Å². The van der Waals surface area contributed by atoms with Gasteiger partial charge in [0.1, 0.15) is 29.6 Å². The Kier molecular flexibility index (Phi) is 8.72. The lowest BCUT2D eigenvalue weighted by Crippen LogP contribution is -2.45. The van der Waals surface area contributed by atoms with Gasteiger partial charge >= 0.3 is 13.7 Å². The van der Waals surface area contributed by atoms with Crippen molar-refractivity contribution in [2.45, 2.75) is 50.8 Å². The number of hydrogen-bond acceptors (Lipinski definition) is 10. The van der Waals surface area contributed by atoms with Crippen molar-refractivity contribution < 1.29 is 38.1 Å². The molecule has 14 heteroatoms. The Balaban J connectivity index is 1.60. The van der Waals surface area contributed by atoms with Crippen LogP contribution >= 0.6 is 20.0 Å². The molecule has 0 radical (unpaired) electrons. The summed E-state index contributed by atoms with van der Waals surface area (Å²) in [6, 6.07) is 12.6. The van der Waals surface area contributed by atoms with Gasteiger partial charge in [0.2, 0.25) is 0 Å². The van der Waals surface area contributed by atoms with E-state index < -0.39 is 56.0 Å². The Morgan fingerprint density at radius 2 is 2.00 bits per heavy atom. The van der Waals surface area contributed by atoms with E-state index in [-0.39, 0.29) is 17.1 Å². The molecule has 1 aliphatic heterocycles. The third-order valence-electron chi connectivity index (χ3n) is 6.23. The second-order valence-electron chi connectivity index (χ2n) is 9.18. The third-order valence-corrected chi connectivity index (χ3v) is 8.17. The number of nitrogens with one attached hydrogen (secondary N) is 2. The number of aromatic amines is 1. The van der Waals surface area contributed by atoms with Crippen molar-refractivity contribution in [3.8, 4) is 5.75 Å². The summed E-state index contributed by atoms with van der Waals surface area (Å²) in [6.07, 6.45) is -2.57. The number of fused-ring (bicyclic) bond motifs is 1. The van der Waals surface area contributed by atoms with Crippen molar-refractivity contribution in [2.75, 3.05) is 13.2 Å². The Labute approximate surface area is 229 Å². The van der Waals surface area contributed by atoms with Gasteiger partial charge in [-0.2, -0.15) is 5.09 Å². The number of H-pyrrole nitrogens is 1. The molecule has 39 heavy (non-hydrogen) atoms. The van der Waals surface area contributed by atoms with Gasteiger partial charge in [-0.1, -0.05) is 36.4 Å². The van der Waals surface area contributed by atoms with Crippen LogP contribution in [0.25, 0.3) is 10.8 Å². The monoisotopic (exact) mass is 579 g/mol. The molecule has 1 aliphatic rings. The van der Waals surface area contributed by atoms with Crippen LogP contribution in [0.5, 0.6) is 5.75 Å². The SMILES string of the molecule is CCOC(=O)[C@H](C)NP(=O)(OC[C@H]1O[C@@H](n2ccc(=O)[nH]c2=S)C(C)(O)[C@H]1O)Oc1cccc2ccccc12. The quantitative estimate of drug-likeness (QED) is 0.159. The van der Waals surface area contributed by atoms with Crippen LogP contribution in [0.15, 0.2) is 59.5 Å². The smallest absolute Gasteiger partial charge is 0.459 e. The fraction of sp³-hybridized carbons (Fsp3) is 0.400. The normalized spacial score (nSPS) is 25.2. The molecule has 1 fully saturated rings. The summed E-state index contributed by atoms with van der Waals surface area (Å²) < 4.78 is 37.7. The van der Waals surface area contributed by atoms with Gasteiger partial charge in [-0.25, -0.2) is 4.57 Å². The number of aliphatic hydroxyl groups is 2. The van der Waals surface area contributed by atoms with E-state index in [1.165, 1.54) is 30.7 Å². The van der Waals surface area contributed by atoms with Crippen LogP contribution in [-0.2, 0) is 23.4 Å². The summed E-state index contributed by atoms with van der Waals surface area (Å²) in [5, 5.41) is 26.0. The van der Waals surface area contributed by atoms with Gasteiger partial charge in [0, 0.05) is 17.6 Å². The van der Waals surface area contributed by atoms with Gasteiger partial charge in [0.05, 0.1) is 13.2 Å². The molecular weight excluding hydrogens is 549 g/mol. The van der Waals surface area contributed by atoms with Crippen LogP contribution in [0.2, 0.25) is 0 Å². The molecule has 12 nitrogen and oxygen atoms in total. The van der Waals surface area contributed by atoms with Crippen molar-refractivity contribution in [3.63, 3.8) is 0 Å². The first-order valence-electron chi connectivity index (χ1n) is 12.2.